The summed E-state index contributed by atoms with van der Waals surface area (Å²) in [6.07, 6.45) is 0. The maximum Gasteiger partial charge on any atom is 0.264 e. The van der Waals surface area contributed by atoms with Crippen molar-refractivity contribution in [3.05, 3.63) is 63.6 Å². The summed E-state index contributed by atoms with van der Waals surface area (Å²) in [5.41, 5.74) is 0.415. The molecule has 0 fully saturated rings. The first-order valence-corrected chi connectivity index (χ1v) is 7.20. The fourth-order valence-corrected chi connectivity index (χ4v) is 2.36. The average molecular weight is 369 g/mol. The van der Waals surface area contributed by atoms with E-state index in [0.717, 1.165) is 0 Å². The number of rotatable bonds is 4. The third-order valence-electron chi connectivity index (χ3n) is 2.54. The zero-order valence-corrected chi connectivity index (χ0v) is 13.1. The zero-order chi connectivity index (χ0) is 15.2. The van der Waals surface area contributed by atoms with Gasteiger partial charge in [0.25, 0.3) is 11.8 Å². The lowest BCUT2D eigenvalue weighted by atomic mass is 10.2. The number of amides is 2. The minimum absolute atomic E-state index is 0.265. The molecule has 0 unspecified atom stereocenters. The summed E-state index contributed by atoms with van der Waals surface area (Å²) in [5.74, 6) is -0.508. The van der Waals surface area contributed by atoms with E-state index in [9.17, 15) is 9.59 Å². The van der Waals surface area contributed by atoms with E-state index in [0.29, 0.717) is 20.8 Å². The number of hydrogen-bond acceptors (Lipinski definition) is 3. The molecule has 0 aliphatic heterocycles. The highest BCUT2D eigenvalue weighted by atomic mass is 79.9. The lowest BCUT2D eigenvalue weighted by molar-refractivity contribution is -0.122. The molecule has 0 saturated heterocycles. The first-order valence-electron chi connectivity index (χ1n) is 6.03. The molecule has 0 atom stereocenters. The minimum Gasteiger partial charge on any atom is -0.483 e. The van der Waals surface area contributed by atoms with Crippen LogP contribution >= 0.6 is 27.5 Å². The Hall–Kier alpha value is -1.85. The van der Waals surface area contributed by atoms with Crippen LogP contribution in [0.4, 0.5) is 0 Å². The molecule has 0 saturated carbocycles. The van der Waals surface area contributed by atoms with Gasteiger partial charge < -0.3 is 4.74 Å². The Morgan fingerprint density at radius 2 is 1.86 bits per heavy atom. The van der Waals surface area contributed by atoms with Crippen molar-refractivity contribution in [3.8, 4) is 5.75 Å². The van der Waals surface area contributed by atoms with E-state index in [4.69, 9.17) is 16.3 Å². The molecule has 108 valence electrons. The number of imide groups is 1. The predicted molar refractivity (Wildman–Crippen MR) is 83.6 cm³/mol. The summed E-state index contributed by atoms with van der Waals surface area (Å²) in [6.45, 7) is -0.265. The fraction of sp³-hybridized carbons (Fsp3) is 0.0667. The van der Waals surface area contributed by atoms with Crippen LogP contribution in [0.3, 0.4) is 0 Å². The molecule has 6 heteroatoms. The summed E-state index contributed by atoms with van der Waals surface area (Å²) in [7, 11) is 0. The summed E-state index contributed by atoms with van der Waals surface area (Å²) in [5, 5.41) is 2.81. The van der Waals surface area contributed by atoms with Gasteiger partial charge in [0.1, 0.15) is 5.75 Å². The van der Waals surface area contributed by atoms with Crippen molar-refractivity contribution in [2.24, 2.45) is 0 Å². The van der Waals surface area contributed by atoms with E-state index in [-0.39, 0.29) is 6.61 Å². The van der Waals surface area contributed by atoms with E-state index < -0.39 is 11.8 Å². The number of benzene rings is 2. The summed E-state index contributed by atoms with van der Waals surface area (Å²) < 4.78 is 5.96. The van der Waals surface area contributed by atoms with Gasteiger partial charge in [-0.2, -0.15) is 0 Å². The average Bonchev–Trinajstić information content (AvgIpc) is 2.47. The number of carbonyl (C=O) groups is 2. The molecule has 2 rings (SSSR count). The second kappa shape index (κ2) is 7.24. The Morgan fingerprint density at radius 3 is 2.52 bits per heavy atom. The van der Waals surface area contributed by atoms with Crippen LogP contribution in [0.25, 0.3) is 0 Å². The molecule has 0 spiro atoms. The second-order valence-corrected chi connectivity index (χ2v) is 5.40. The number of halogens is 2. The number of nitrogens with one attached hydrogen (secondary N) is 1. The first kappa shape index (κ1) is 15.5. The zero-order valence-electron chi connectivity index (χ0n) is 10.8. The smallest absolute Gasteiger partial charge is 0.264 e. The molecular weight excluding hydrogens is 358 g/mol. The van der Waals surface area contributed by atoms with E-state index in [1.54, 1.807) is 48.5 Å². The molecule has 0 radical (unpaired) electrons. The van der Waals surface area contributed by atoms with Gasteiger partial charge in [-0.05, 0) is 46.3 Å². The minimum atomic E-state index is -0.522. The van der Waals surface area contributed by atoms with Gasteiger partial charge in [0.05, 0.1) is 4.47 Å². The molecule has 4 nitrogen and oxygen atoms in total. The summed E-state index contributed by atoms with van der Waals surface area (Å²) >= 11 is 9.08. The van der Waals surface area contributed by atoms with Crippen molar-refractivity contribution >= 4 is 39.3 Å². The molecule has 2 aromatic carbocycles. The van der Waals surface area contributed by atoms with Crippen LogP contribution in [-0.4, -0.2) is 18.4 Å². The second-order valence-electron chi connectivity index (χ2n) is 4.11. The standard InChI is InChI=1S/C15H11BrClNO3/c16-12-8-11(17)6-7-13(12)21-9-14(19)18-15(20)10-4-2-1-3-5-10/h1-8H,9H2,(H,18,19,20). The maximum atomic E-state index is 11.8. The van der Waals surface area contributed by atoms with Crippen LogP contribution in [0.1, 0.15) is 10.4 Å². The van der Waals surface area contributed by atoms with Crippen molar-refractivity contribution in [3.63, 3.8) is 0 Å². The maximum absolute atomic E-state index is 11.8. The van der Waals surface area contributed by atoms with Gasteiger partial charge >= 0.3 is 0 Å². The van der Waals surface area contributed by atoms with E-state index in [1.165, 1.54) is 0 Å². The van der Waals surface area contributed by atoms with Crippen LogP contribution in [0.15, 0.2) is 53.0 Å². The van der Waals surface area contributed by atoms with Gasteiger partial charge in [-0.25, -0.2) is 0 Å². The van der Waals surface area contributed by atoms with Crippen molar-refractivity contribution in [2.75, 3.05) is 6.61 Å². The van der Waals surface area contributed by atoms with Crippen molar-refractivity contribution in [1.29, 1.82) is 0 Å². The van der Waals surface area contributed by atoms with Gasteiger partial charge in [0.15, 0.2) is 6.61 Å². The Morgan fingerprint density at radius 1 is 1.14 bits per heavy atom. The Kier molecular flexibility index (Phi) is 5.36. The highest BCUT2D eigenvalue weighted by Crippen LogP contribution is 2.27. The molecule has 0 aliphatic rings. The summed E-state index contributed by atoms with van der Waals surface area (Å²) in [6, 6.07) is 13.4. The van der Waals surface area contributed by atoms with E-state index in [1.807, 2.05) is 0 Å². The Bertz CT molecular complexity index is 661. The highest BCUT2D eigenvalue weighted by molar-refractivity contribution is 9.10. The van der Waals surface area contributed by atoms with Gasteiger partial charge in [-0.3, -0.25) is 14.9 Å². The third-order valence-corrected chi connectivity index (χ3v) is 3.40. The van der Waals surface area contributed by atoms with Crippen LogP contribution in [0.2, 0.25) is 5.02 Å². The molecule has 0 heterocycles. The quantitative estimate of drug-likeness (QED) is 0.899. The van der Waals surface area contributed by atoms with E-state index >= 15 is 0 Å². The third kappa shape index (κ3) is 4.58. The van der Waals surface area contributed by atoms with Crippen molar-refractivity contribution in [1.82, 2.24) is 5.32 Å². The van der Waals surface area contributed by atoms with Crippen LogP contribution in [-0.2, 0) is 4.79 Å². The lowest BCUT2D eigenvalue weighted by Crippen LogP contribution is -2.34. The molecule has 2 amide bonds. The van der Waals surface area contributed by atoms with Crippen LogP contribution in [0, 0.1) is 0 Å². The van der Waals surface area contributed by atoms with Gasteiger partial charge in [0, 0.05) is 10.6 Å². The normalized spacial score (nSPS) is 10.0. The molecular formula is C15H11BrClNO3. The van der Waals surface area contributed by atoms with Crippen LogP contribution in [0.5, 0.6) is 5.75 Å². The van der Waals surface area contributed by atoms with Crippen LogP contribution < -0.4 is 10.1 Å². The fourth-order valence-electron chi connectivity index (χ4n) is 1.56. The van der Waals surface area contributed by atoms with Gasteiger partial charge in [0.2, 0.25) is 0 Å². The number of hydrogen-bond donors (Lipinski definition) is 1. The Labute approximate surface area is 135 Å². The van der Waals surface area contributed by atoms with Crippen molar-refractivity contribution in [2.45, 2.75) is 0 Å². The summed E-state index contributed by atoms with van der Waals surface area (Å²) in [4.78, 5) is 23.4. The highest BCUT2D eigenvalue weighted by Gasteiger charge is 2.11. The van der Waals surface area contributed by atoms with E-state index in [2.05, 4.69) is 21.2 Å². The molecule has 2 aromatic rings. The Balaban J connectivity index is 1.89. The first-order chi connectivity index (χ1) is 10.1. The topological polar surface area (TPSA) is 55.4 Å². The predicted octanol–water partition coefficient (Wildman–Crippen LogP) is 3.44. The molecule has 0 aromatic heterocycles. The largest absolute Gasteiger partial charge is 0.483 e. The molecule has 0 aliphatic carbocycles. The number of ether oxygens (including phenoxy) is 1. The SMILES string of the molecule is O=C(COc1ccc(Cl)cc1Br)NC(=O)c1ccccc1. The lowest BCUT2D eigenvalue weighted by Gasteiger charge is -2.08. The van der Waals surface area contributed by atoms with Gasteiger partial charge in [-0.15, -0.1) is 0 Å². The molecule has 1 N–H and O–H groups in total. The number of carbonyl (C=O) groups excluding carboxylic acids is 2. The van der Waals surface area contributed by atoms with Gasteiger partial charge in [-0.1, -0.05) is 29.8 Å². The molecule has 0 bridgehead atoms. The van der Waals surface area contributed by atoms with Crippen molar-refractivity contribution < 1.29 is 14.3 Å². The monoisotopic (exact) mass is 367 g/mol. The molecule has 21 heavy (non-hydrogen) atoms.